The van der Waals surface area contributed by atoms with Crippen LogP contribution in [0.3, 0.4) is 0 Å². The molecule has 1 saturated carbocycles. The lowest BCUT2D eigenvalue weighted by molar-refractivity contribution is -0.127. The summed E-state index contributed by atoms with van der Waals surface area (Å²) in [5.74, 6) is -0.266. The largest absolute Gasteiger partial charge is 0.483 e. The molecule has 2 heterocycles. The first-order chi connectivity index (χ1) is 15.5. The molecule has 2 aliphatic rings. The fraction of sp³-hybridized carbons (Fsp3) is 0.409. The molecular formula is C22H28FN3O6. The van der Waals surface area contributed by atoms with Gasteiger partial charge in [0.1, 0.15) is 11.4 Å². The Hall–Kier alpha value is -3.40. The molecule has 0 bridgehead atoms. The van der Waals surface area contributed by atoms with Crippen molar-refractivity contribution in [2.75, 3.05) is 18.4 Å². The van der Waals surface area contributed by atoms with E-state index >= 15 is 0 Å². The normalized spacial score (nSPS) is 16.9. The van der Waals surface area contributed by atoms with Crippen LogP contribution in [0.1, 0.15) is 31.2 Å². The number of nitrogens with one attached hydrogen (secondary N) is 2. The monoisotopic (exact) mass is 449 g/mol. The molecule has 174 valence electrons. The Balaban J connectivity index is 0.000000547. The lowest BCUT2D eigenvalue weighted by Gasteiger charge is -2.41. The van der Waals surface area contributed by atoms with Gasteiger partial charge < -0.3 is 25.3 Å². The van der Waals surface area contributed by atoms with E-state index in [0.29, 0.717) is 24.6 Å². The molecule has 0 spiro atoms. The fourth-order valence-corrected chi connectivity index (χ4v) is 3.54. The Bertz CT molecular complexity index is 843. The number of halogens is 1. The second-order valence-electron chi connectivity index (χ2n) is 7.58. The molecule has 2 aromatic rings. The van der Waals surface area contributed by atoms with Gasteiger partial charge in [0, 0.05) is 36.9 Å². The van der Waals surface area contributed by atoms with Crippen molar-refractivity contribution in [2.24, 2.45) is 0 Å². The number of carbonyl (C=O) groups excluding carboxylic acids is 1. The Morgan fingerprint density at radius 1 is 1.19 bits per heavy atom. The molecule has 10 heteroatoms. The van der Waals surface area contributed by atoms with Crippen molar-refractivity contribution >= 4 is 24.5 Å². The highest BCUT2D eigenvalue weighted by Crippen LogP contribution is 2.30. The van der Waals surface area contributed by atoms with Crippen LogP contribution in [-0.4, -0.2) is 58.6 Å². The number of likely N-dealkylation sites (tertiary alicyclic amines) is 1. The highest BCUT2D eigenvalue weighted by atomic mass is 19.1. The molecule has 4 rings (SSSR count). The van der Waals surface area contributed by atoms with E-state index < -0.39 is 5.54 Å². The summed E-state index contributed by atoms with van der Waals surface area (Å²) in [5.41, 5.74) is 1.10. The molecule has 2 fully saturated rings. The van der Waals surface area contributed by atoms with Crippen LogP contribution in [0.4, 0.5) is 10.1 Å². The van der Waals surface area contributed by atoms with E-state index in [1.54, 1.807) is 18.6 Å². The smallest absolute Gasteiger partial charge is 0.290 e. The summed E-state index contributed by atoms with van der Waals surface area (Å²) in [5, 5.41) is 20.3. The van der Waals surface area contributed by atoms with Gasteiger partial charge in [0.2, 0.25) is 5.91 Å². The number of hydrogen-bond acceptors (Lipinski definition) is 6. The predicted molar refractivity (Wildman–Crippen MR) is 115 cm³/mol. The molecule has 0 radical (unpaired) electrons. The Kier molecular flexibility index (Phi) is 9.68. The van der Waals surface area contributed by atoms with Gasteiger partial charge >= 0.3 is 0 Å². The molecule has 1 amide bonds. The van der Waals surface area contributed by atoms with Crippen molar-refractivity contribution in [1.29, 1.82) is 0 Å². The Labute approximate surface area is 185 Å². The van der Waals surface area contributed by atoms with Gasteiger partial charge in [-0.15, -0.1) is 0 Å². The standard InChI is InChI=1S/C20H24FN3O2.2CH2O2/c21-16-2-1-3-18(12-16)23-20(19(25)22-17-4-5-17)7-9-24(10-8-20)13-15-6-11-26-14-15;2*2-1-3/h1-3,6,11-12,14,17,23H,4-5,7-10,13H2,(H,22,25);2*1H,(H,2,3). The number of amides is 1. The quantitative estimate of drug-likeness (QED) is 0.495. The summed E-state index contributed by atoms with van der Waals surface area (Å²) in [4.78, 5) is 32.0. The van der Waals surface area contributed by atoms with Crippen LogP contribution in [0.5, 0.6) is 0 Å². The third-order valence-corrected chi connectivity index (χ3v) is 5.25. The zero-order valence-corrected chi connectivity index (χ0v) is 17.6. The van der Waals surface area contributed by atoms with Crippen molar-refractivity contribution in [3.8, 4) is 0 Å². The molecule has 0 atom stereocenters. The van der Waals surface area contributed by atoms with Gasteiger partial charge in [-0.05, 0) is 49.9 Å². The summed E-state index contributed by atoms with van der Waals surface area (Å²) in [6.45, 7) is 1.91. The maximum absolute atomic E-state index is 13.6. The second kappa shape index (κ2) is 12.5. The summed E-state index contributed by atoms with van der Waals surface area (Å²) in [6.07, 6.45) is 6.90. The van der Waals surface area contributed by atoms with Gasteiger partial charge in [-0.1, -0.05) is 6.07 Å². The number of hydrogen-bond donors (Lipinski definition) is 4. The minimum absolute atomic E-state index is 0.0345. The SMILES string of the molecule is O=C(NC1CC1)C1(Nc2cccc(F)c2)CCN(Cc2ccoc2)CC1.O=CO.O=CO. The Morgan fingerprint density at radius 2 is 1.84 bits per heavy atom. The third kappa shape index (κ3) is 7.69. The topological polar surface area (TPSA) is 132 Å². The van der Waals surface area contributed by atoms with Gasteiger partial charge in [0.25, 0.3) is 12.9 Å². The summed E-state index contributed by atoms with van der Waals surface area (Å²) in [6, 6.07) is 8.61. The predicted octanol–water partition coefficient (Wildman–Crippen LogP) is 2.55. The molecule has 9 nitrogen and oxygen atoms in total. The Morgan fingerprint density at radius 3 is 2.38 bits per heavy atom. The molecular weight excluding hydrogens is 421 g/mol. The third-order valence-electron chi connectivity index (χ3n) is 5.25. The first-order valence-electron chi connectivity index (χ1n) is 10.2. The van der Waals surface area contributed by atoms with E-state index in [9.17, 15) is 9.18 Å². The number of rotatable bonds is 6. The first kappa shape index (κ1) is 24.9. The average Bonchev–Trinajstić information content (AvgIpc) is 3.43. The average molecular weight is 449 g/mol. The molecule has 1 aromatic heterocycles. The van der Waals surface area contributed by atoms with Crippen LogP contribution in [0.2, 0.25) is 0 Å². The van der Waals surface area contributed by atoms with Crippen molar-refractivity contribution in [3.63, 3.8) is 0 Å². The number of benzene rings is 1. The van der Waals surface area contributed by atoms with Crippen LogP contribution >= 0.6 is 0 Å². The molecule has 0 unspecified atom stereocenters. The van der Waals surface area contributed by atoms with Crippen LogP contribution in [0.15, 0.2) is 47.3 Å². The summed E-state index contributed by atoms with van der Waals surface area (Å²) < 4.78 is 18.7. The molecule has 1 aliphatic heterocycles. The minimum Gasteiger partial charge on any atom is -0.483 e. The van der Waals surface area contributed by atoms with Crippen LogP contribution in [0.25, 0.3) is 0 Å². The number of carbonyl (C=O) groups is 3. The first-order valence-corrected chi connectivity index (χ1v) is 10.2. The van der Waals surface area contributed by atoms with E-state index in [1.807, 2.05) is 12.1 Å². The highest BCUT2D eigenvalue weighted by molar-refractivity contribution is 5.90. The van der Waals surface area contributed by atoms with E-state index in [0.717, 1.165) is 38.0 Å². The van der Waals surface area contributed by atoms with Crippen molar-refractivity contribution in [1.82, 2.24) is 10.2 Å². The van der Waals surface area contributed by atoms with Gasteiger partial charge in [-0.25, -0.2) is 4.39 Å². The van der Waals surface area contributed by atoms with Gasteiger partial charge in [0.05, 0.1) is 12.5 Å². The van der Waals surface area contributed by atoms with Crippen LogP contribution in [0, 0.1) is 5.82 Å². The second-order valence-corrected chi connectivity index (χ2v) is 7.58. The molecule has 1 aliphatic carbocycles. The van der Waals surface area contributed by atoms with E-state index in [2.05, 4.69) is 15.5 Å². The minimum atomic E-state index is -0.691. The van der Waals surface area contributed by atoms with Gasteiger partial charge in [-0.2, -0.15) is 0 Å². The lowest BCUT2D eigenvalue weighted by atomic mass is 9.85. The molecule has 4 N–H and O–H groups in total. The van der Waals surface area contributed by atoms with Crippen molar-refractivity contribution < 1.29 is 33.4 Å². The molecule has 1 aromatic carbocycles. The van der Waals surface area contributed by atoms with Crippen LogP contribution < -0.4 is 10.6 Å². The lowest BCUT2D eigenvalue weighted by Crippen LogP contribution is -2.58. The number of anilines is 1. The zero-order chi connectivity index (χ0) is 23.4. The number of piperidine rings is 1. The number of nitrogens with zero attached hydrogens (tertiary/aromatic N) is 1. The van der Waals surface area contributed by atoms with Crippen LogP contribution in [-0.2, 0) is 20.9 Å². The number of furan rings is 1. The van der Waals surface area contributed by atoms with Gasteiger partial charge in [-0.3, -0.25) is 19.3 Å². The van der Waals surface area contributed by atoms with Crippen molar-refractivity contribution in [3.05, 3.63) is 54.2 Å². The van der Waals surface area contributed by atoms with E-state index in [-0.39, 0.29) is 24.7 Å². The maximum atomic E-state index is 13.6. The highest BCUT2D eigenvalue weighted by Gasteiger charge is 2.43. The van der Waals surface area contributed by atoms with E-state index in [4.69, 9.17) is 24.2 Å². The maximum Gasteiger partial charge on any atom is 0.290 e. The van der Waals surface area contributed by atoms with Gasteiger partial charge in [0.15, 0.2) is 0 Å². The summed E-state index contributed by atoms with van der Waals surface area (Å²) in [7, 11) is 0. The fourth-order valence-electron chi connectivity index (χ4n) is 3.54. The zero-order valence-electron chi connectivity index (χ0n) is 17.6. The molecule has 32 heavy (non-hydrogen) atoms. The molecule has 1 saturated heterocycles. The van der Waals surface area contributed by atoms with E-state index in [1.165, 1.54) is 12.1 Å². The van der Waals surface area contributed by atoms with Crippen molar-refractivity contribution in [2.45, 2.75) is 43.8 Å². The summed E-state index contributed by atoms with van der Waals surface area (Å²) >= 11 is 0. The number of carboxylic acid groups (broad SMARTS) is 2.